The van der Waals surface area contributed by atoms with Gasteiger partial charge < -0.3 is 45.8 Å². The van der Waals surface area contributed by atoms with Crippen molar-refractivity contribution in [3.63, 3.8) is 0 Å². The van der Waals surface area contributed by atoms with Gasteiger partial charge in [0.2, 0.25) is 5.91 Å². The van der Waals surface area contributed by atoms with E-state index in [1.807, 2.05) is 31.2 Å². The Hall–Kier alpha value is -2.64. The zero-order chi connectivity index (χ0) is 28.7. The summed E-state index contributed by atoms with van der Waals surface area (Å²) in [7, 11) is 0. The predicted octanol–water partition coefficient (Wildman–Crippen LogP) is 0.450. The van der Waals surface area contributed by atoms with Gasteiger partial charge in [0, 0.05) is 24.5 Å². The van der Waals surface area contributed by atoms with Gasteiger partial charge in [0.25, 0.3) is 0 Å². The molecular formula is C28H37NO9S. The van der Waals surface area contributed by atoms with Crippen molar-refractivity contribution < 1.29 is 45.3 Å². The number of rotatable bonds is 11. The molecule has 1 fully saturated rings. The number of ether oxygens (including phenoxy) is 1. The van der Waals surface area contributed by atoms with E-state index < -0.39 is 41.1 Å². The number of phenolic OH excluding ortho intramolecular Hbond substituents is 1. The molecule has 39 heavy (non-hydrogen) atoms. The number of aryl methyl sites for hydroxylation is 1. The van der Waals surface area contributed by atoms with Gasteiger partial charge in [-0.05, 0) is 36.6 Å². The highest BCUT2D eigenvalue weighted by Gasteiger charge is 2.44. The Kier molecular flexibility index (Phi) is 10.8. The van der Waals surface area contributed by atoms with Crippen molar-refractivity contribution in [2.75, 3.05) is 19.8 Å². The van der Waals surface area contributed by atoms with Gasteiger partial charge in [0.1, 0.15) is 23.7 Å². The first-order valence-electron chi connectivity index (χ1n) is 12.6. The summed E-state index contributed by atoms with van der Waals surface area (Å²) in [5, 5.41) is 70.9. The van der Waals surface area contributed by atoms with Crippen LogP contribution in [0.4, 0.5) is 0 Å². The van der Waals surface area contributed by atoms with Crippen molar-refractivity contribution in [3.05, 3.63) is 64.7 Å². The molecule has 1 saturated heterocycles. The molecule has 2 aromatic rings. The van der Waals surface area contributed by atoms with E-state index in [-0.39, 0.29) is 31.3 Å². The van der Waals surface area contributed by atoms with Crippen LogP contribution in [0.25, 0.3) is 6.08 Å². The maximum Gasteiger partial charge on any atom is 0.224 e. The highest BCUT2D eigenvalue weighted by molar-refractivity contribution is 8.00. The van der Waals surface area contributed by atoms with E-state index in [0.717, 1.165) is 34.0 Å². The number of benzene rings is 2. The van der Waals surface area contributed by atoms with Crippen LogP contribution in [0.3, 0.4) is 0 Å². The van der Waals surface area contributed by atoms with E-state index in [4.69, 9.17) is 4.74 Å². The van der Waals surface area contributed by atoms with Crippen LogP contribution in [0.2, 0.25) is 0 Å². The summed E-state index contributed by atoms with van der Waals surface area (Å²) in [5.41, 5.74) is 1.27. The number of phenols is 1. The maximum absolute atomic E-state index is 12.1. The van der Waals surface area contributed by atoms with Crippen molar-refractivity contribution in [2.45, 2.75) is 61.2 Å². The lowest BCUT2D eigenvalue weighted by Gasteiger charge is -2.39. The summed E-state index contributed by atoms with van der Waals surface area (Å²) < 4.78 is 6.02. The van der Waals surface area contributed by atoms with Gasteiger partial charge in [-0.1, -0.05) is 36.4 Å². The van der Waals surface area contributed by atoms with Gasteiger partial charge in [-0.2, -0.15) is 0 Å². The van der Waals surface area contributed by atoms with Crippen LogP contribution in [-0.4, -0.2) is 96.0 Å². The normalized spacial score (nSPS) is 23.6. The standard InChI is InChI=1S/C28H37NO9S/c1-16-10-19(33)12-21(38-27-26(37)25(36)24(35)22(13-30)39-27)20(16)11-18-8-6-17(7-9-18)4-3-5-23(34)29-28(2,14-31)15-32/h3-4,6-10,12,22,24-27,30-33,35-37H,5,11,13-15H2,1-2H3,(H,29,34)/b4-3+/t22-,24?,25+,26-,27-/m1/s1. The van der Waals surface area contributed by atoms with E-state index in [1.165, 1.54) is 6.07 Å². The molecule has 1 amide bonds. The molecule has 10 nitrogen and oxygen atoms in total. The second-order valence-electron chi connectivity index (χ2n) is 10.0. The lowest BCUT2D eigenvalue weighted by atomic mass is 9.98. The quantitative estimate of drug-likeness (QED) is 0.191. The van der Waals surface area contributed by atoms with Crippen molar-refractivity contribution in [2.24, 2.45) is 0 Å². The molecule has 11 heteroatoms. The predicted molar refractivity (Wildman–Crippen MR) is 147 cm³/mol. The number of hydrogen-bond acceptors (Lipinski definition) is 10. The molecule has 0 spiro atoms. The first-order chi connectivity index (χ1) is 18.5. The van der Waals surface area contributed by atoms with E-state index in [2.05, 4.69) is 5.32 Å². The summed E-state index contributed by atoms with van der Waals surface area (Å²) >= 11 is 1.02. The number of nitrogens with one attached hydrogen (secondary N) is 1. The average molecular weight is 564 g/mol. The summed E-state index contributed by atoms with van der Waals surface area (Å²) in [6, 6.07) is 10.6. The fourth-order valence-corrected chi connectivity index (χ4v) is 5.39. The van der Waals surface area contributed by atoms with Crippen LogP contribution in [0.5, 0.6) is 11.5 Å². The van der Waals surface area contributed by atoms with Gasteiger partial charge in [-0.25, -0.2) is 0 Å². The molecule has 0 bridgehead atoms. The summed E-state index contributed by atoms with van der Waals surface area (Å²) in [4.78, 5) is 12.1. The molecule has 2 aromatic carbocycles. The first kappa shape index (κ1) is 30.9. The molecule has 0 aliphatic carbocycles. The zero-order valence-electron chi connectivity index (χ0n) is 21.9. The highest BCUT2D eigenvalue weighted by Crippen LogP contribution is 2.37. The third-order valence-electron chi connectivity index (χ3n) is 6.62. The van der Waals surface area contributed by atoms with Crippen molar-refractivity contribution in [3.8, 4) is 11.5 Å². The Morgan fingerprint density at radius 1 is 1.05 bits per heavy atom. The van der Waals surface area contributed by atoms with E-state index >= 15 is 0 Å². The van der Waals surface area contributed by atoms with E-state index in [9.17, 15) is 40.5 Å². The fraction of sp³-hybridized carbons (Fsp3) is 0.464. The molecule has 0 aromatic heterocycles. The molecular weight excluding hydrogens is 526 g/mol. The van der Waals surface area contributed by atoms with Crippen molar-refractivity contribution >= 4 is 23.7 Å². The largest absolute Gasteiger partial charge is 0.508 e. The van der Waals surface area contributed by atoms with Crippen LogP contribution in [0, 0.1) is 6.92 Å². The highest BCUT2D eigenvalue weighted by atomic mass is 32.2. The van der Waals surface area contributed by atoms with Gasteiger partial charge in [0.05, 0.1) is 36.7 Å². The minimum absolute atomic E-state index is 0.0244. The lowest BCUT2D eigenvalue weighted by Crippen LogP contribution is -2.55. The molecule has 0 radical (unpaired) electrons. The minimum atomic E-state index is -1.49. The molecule has 5 atom stereocenters. The molecule has 1 heterocycles. The smallest absolute Gasteiger partial charge is 0.224 e. The van der Waals surface area contributed by atoms with Crippen LogP contribution < -0.4 is 10.1 Å². The third kappa shape index (κ3) is 7.95. The van der Waals surface area contributed by atoms with Crippen molar-refractivity contribution in [1.29, 1.82) is 0 Å². The molecule has 1 unspecified atom stereocenters. The summed E-state index contributed by atoms with van der Waals surface area (Å²) in [5.74, 6) is -0.0295. The molecule has 214 valence electrons. The summed E-state index contributed by atoms with van der Waals surface area (Å²) in [6.45, 7) is 2.22. The molecule has 1 aliphatic heterocycles. The topological polar surface area (TPSA) is 180 Å². The number of amides is 1. The van der Waals surface area contributed by atoms with Crippen LogP contribution in [-0.2, 0) is 11.2 Å². The van der Waals surface area contributed by atoms with Gasteiger partial charge in [-0.15, -0.1) is 11.8 Å². The molecule has 8 N–H and O–H groups in total. The number of hydrogen-bond donors (Lipinski definition) is 8. The molecule has 1 aliphatic rings. The average Bonchev–Trinajstić information content (AvgIpc) is 2.91. The second kappa shape index (κ2) is 13.6. The number of thioether (sulfide) groups is 1. The Morgan fingerprint density at radius 3 is 2.33 bits per heavy atom. The van der Waals surface area contributed by atoms with Crippen LogP contribution in [0.1, 0.15) is 35.6 Å². The second-order valence-corrected chi connectivity index (χ2v) is 11.3. The SMILES string of the molecule is Cc1cc(O)cc(O[C@@H]2S[C@H](CO)C(O)[C@H](O)[C@H]2O)c1Cc1ccc(/C=C/CC(=O)NC(C)(CO)CO)cc1. The zero-order valence-corrected chi connectivity index (χ0v) is 22.7. The Balaban J connectivity index is 1.70. The third-order valence-corrected chi connectivity index (χ3v) is 8.04. The van der Waals surface area contributed by atoms with Gasteiger partial charge in [-0.3, -0.25) is 4.79 Å². The first-order valence-corrected chi connectivity index (χ1v) is 13.5. The number of aliphatic hydroxyl groups is 6. The Labute approximate surface area is 231 Å². The number of carbonyl (C=O) groups is 1. The van der Waals surface area contributed by atoms with E-state index in [1.54, 1.807) is 25.1 Å². The molecule has 0 saturated carbocycles. The van der Waals surface area contributed by atoms with E-state index in [0.29, 0.717) is 12.2 Å². The Bertz CT molecular complexity index is 1130. The number of aromatic hydroxyl groups is 1. The molecule has 3 rings (SSSR count). The minimum Gasteiger partial charge on any atom is -0.508 e. The fourth-order valence-electron chi connectivity index (χ4n) is 4.16. The van der Waals surface area contributed by atoms with Crippen LogP contribution in [0.15, 0.2) is 42.5 Å². The number of carbonyl (C=O) groups excluding carboxylic acids is 1. The van der Waals surface area contributed by atoms with Crippen molar-refractivity contribution in [1.82, 2.24) is 5.32 Å². The lowest BCUT2D eigenvalue weighted by molar-refractivity contribution is -0.123. The summed E-state index contributed by atoms with van der Waals surface area (Å²) in [6.07, 6.45) is -0.196. The maximum atomic E-state index is 12.1. The van der Waals surface area contributed by atoms with Gasteiger partial charge >= 0.3 is 0 Å². The van der Waals surface area contributed by atoms with Gasteiger partial charge in [0.15, 0.2) is 5.44 Å². The monoisotopic (exact) mass is 563 g/mol. The van der Waals surface area contributed by atoms with Crippen LogP contribution >= 0.6 is 11.8 Å². The Morgan fingerprint density at radius 2 is 1.72 bits per heavy atom. The number of aliphatic hydroxyl groups excluding tert-OH is 6.